The molecule has 1 atom stereocenters. The van der Waals surface area contributed by atoms with Crippen LogP contribution in [0.4, 0.5) is 0 Å². The minimum Gasteiger partial charge on any atom is -0.493 e. The van der Waals surface area contributed by atoms with E-state index in [1.165, 1.54) is 11.3 Å². The summed E-state index contributed by atoms with van der Waals surface area (Å²) in [5, 5.41) is 11.9. The first-order chi connectivity index (χ1) is 13.1. The lowest BCUT2D eigenvalue weighted by Crippen LogP contribution is -2.38. The van der Waals surface area contributed by atoms with E-state index in [0.717, 1.165) is 26.1 Å². The zero-order valence-corrected chi connectivity index (χ0v) is 18.1. The van der Waals surface area contributed by atoms with Crippen molar-refractivity contribution < 1.29 is 18.3 Å². The van der Waals surface area contributed by atoms with Crippen molar-refractivity contribution in [3.63, 3.8) is 0 Å². The first-order valence-corrected chi connectivity index (χ1v) is 11.4. The van der Waals surface area contributed by atoms with Crippen molar-refractivity contribution in [2.75, 3.05) is 13.2 Å². The highest BCUT2D eigenvalue weighted by Gasteiger charge is 2.28. The normalized spacial score (nSPS) is 14.2. The average Bonchev–Trinajstić information content (AvgIpc) is 3.08. The average molecular weight is 420 g/mol. The van der Waals surface area contributed by atoms with Gasteiger partial charge in [0.25, 0.3) is 0 Å². The van der Waals surface area contributed by atoms with Gasteiger partial charge in [-0.25, -0.2) is 13.1 Å². The maximum atomic E-state index is 12.8. The Bertz CT molecular complexity index is 1040. The number of aryl methyl sites for hydroxylation is 2. The molecule has 0 radical (unpaired) electrons. The van der Waals surface area contributed by atoms with Gasteiger partial charge in [-0.05, 0) is 68.5 Å². The van der Waals surface area contributed by atoms with E-state index in [1.54, 1.807) is 19.1 Å². The molecular formula is C21H25NO4S2. The fraction of sp³-hybridized carbons (Fsp3) is 0.333. The SMILES string of the molecule is CCOc1c(C)cc(S(=O)(=O)NCC(C)(O)c2cc3ccccc3s2)cc1C. The van der Waals surface area contributed by atoms with Crippen LogP contribution in [0.5, 0.6) is 5.75 Å². The van der Waals surface area contributed by atoms with Crippen LogP contribution in [0.1, 0.15) is 29.9 Å². The number of rotatable bonds is 7. The molecule has 3 rings (SSSR count). The molecule has 3 aromatic rings. The largest absolute Gasteiger partial charge is 0.493 e. The highest BCUT2D eigenvalue weighted by molar-refractivity contribution is 7.89. The van der Waals surface area contributed by atoms with Gasteiger partial charge in [0.15, 0.2) is 0 Å². The maximum Gasteiger partial charge on any atom is 0.240 e. The van der Waals surface area contributed by atoms with E-state index in [-0.39, 0.29) is 11.4 Å². The van der Waals surface area contributed by atoms with Gasteiger partial charge in [0.2, 0.25) is 10.0 Å². The molecule has 0 aliphatic rings. The highest BCUT2D eigenvalue weighted by atomic mass is 32.2. The molecule has 0 aliphatic heterocycles. The second-order valence-electron chi connectivity index (χ2n) is 7.07. The third kappa shape index (κ3) is 4.22. The molecule has 0 bridgehead atoms. The quantitative estimate of drug-likeness (QED) is 0.604. The van der Waals surface area contributed by atoms with Gasteiger partial charge in [0, 0.05) is 16.1 Å². The molecule has 2 aromatic carbocycles. The molecule has 28 heavy (non-hydrogen) atoms. The Morgan fingerprint density at radius 1 is 1.14 bits per heavy atom. The molecule has 5 nitrogen and oxygen atoms in total. The van der Waals surface area contributed by atoms with Crippen LogP contribution in [0.15, 0.2) is 47.4 Å². The summed E-state index contributed by atoms with van der Waals surface area (Å²) in [6.07, 6.45) is 0. The summed E-state index contributed by atoms with van der Waals surface area (Å²) < 4.78 is 34.8. The van der Waals surface area contributed by atoms with E-state index in [1.807, 2.05) is 51.1 Å². The lowest BCUT2D eigenvalue weighted by atomic mass is 10.1. The standard InChI is InChI=1S/C21H25NO4S2/c1-5-26-20-14(2)10-17(11-15(20)3)28(24,25)22-13-21(4,23)19-12-16-8-6-7-9-18(16)27-19/h6-12,22-23H,5,13H2,1-4H3. The number of hydrogen-bond donors (Lipinski definition) is 2. The predicted molar refractivity (Wildman–Crippen MR) is 114 cm³/mol. The fourth-order valence-electron chi connectivity index (χ4n) is 3.09. The third-order valence-electron chi connectivity index (χ3n) is 4.60. The van der Waals surface area contributed by atoms with E-state index in [9.17, 15) is 13.5 Å². The van der Waals surface area contributed by atoms with Crippen molar-refractivity contribution in [1.29, 1.82) is 0 Å². The van der Waals surface area contributed by atoms with E-state index >= 15 is 0 Å². The Morgan fingerprint density at radius 2 is 1.79 bits per heavy atom. The minimum absolute atomic E-state index is 0.118. The molecule has 150 valence electrons. The summed E-state index contributed by atoms with van der Waals surface area (Å²) >= 11 is 1.46. The number of ether oxygens (including phenoxy) is 1. The molecule has 1 aromatic heterocycles. The molecule has 0 saturated heterocycles. The van der Waals surface area contributed by atoms with Crippen LogP contribution in [-0.2, 0) is 15.6 Å². The molecular weight excluding hydrogens is 394 g/mol. The van der Waals surface area contributed by atoms with Crippen molar-refractivity contribution in [2.45, 2.75) is 38.2 Å². The van der Waals surface area contributed by atoms with E-state index in [4.69, 9.17) is 4.74 Å². The molecule has 0 saturated carbocycles. The monoisotopic (exact) mass is 419 g/mol. The molecule has 0 spiro atoms. The molecule has 0 aliphatic carbocycles. The molecule has 0 amide bonds. The fourth-order valence-corrected chi connectivity index (χ4v) is 5.50. The Morgan fingerprint density at radius 3 is 2.39 bits per heavy atom. The molecule has 2 N–H and O–H groups in total. The lowest BCUT2D eigenvalue weighted by molar-refractivity contribution is 0.0666. The number of benzene rings is 2. The van der Waals surface area contributed by atoms with Crippen molar-refractivity contribution in [1.82, 2.24) is 4.72 Å². The molecule has 0 fully saturated rings. The molecule has 7 heteroatoms. The van der Waals surface area contributed by atoms with Crippen LogP contribution in [0, 0.1) is 13.8 Å². The van der Waals surface area contributed by atoms with E-state index < -0.39 is 15.6 Å². The number of hydrogen-bond acceptors (Lipinski definition) is 5. The van der Waals surface area contributed by atoms with Crippen LogP contribution in [0.2, 0.25) is 0 Å². The highest BCUT2D eigenvalue weighted by Crippen LogP contribution is 2.33. The Balaban J connectivity index is 1.82. The van der Waals surface area contributed by atoms with Crippen LogP contribution in [0.3, 0.4) is 0 Å². The number of sulfonamides is 1. The molecule has 1 unspecified atom stereocenters. The van der Waals surface area contributed by atoms with Gasteiger partial charge in [0.05, 0.1) is 11.5 Å². The van der Waals surface area contributed by atoms with Gasteiger partial charge in [-0.2, -0.15) is 0 Å². The summed E-state index contributed by atoms with van der Waals surface area (Å²) in [4.78, 5) is 0.883. The number of fused-ring (bicyclic) bond motifs is 1. The first-order valence-electron chi connectivity index (χ1n) is 9.09. The zero-order valence-electron chi connectivity index (χ0n) is 16.4. The van der Waals surface area contributed by atoms with Gasteiger partial charge in [-0.1, -0.05) is 18.2 Å². The van der Waals surface area contributed by atoms with Crippen molar-refractivity contribution in [2.24, 2.45) is 0 Å². The van der Waals surface area contributed by atoms with Gasteiger partial charge >= 0.3 is 0 Å². The van der Waals surface area contributed by atoms with Crippen LogP contribution in [0.25, 0.3) is 10.1 Å². The summed E-state index contributed by atoms with van der Waals surface area (Å²) in [5.74, 6) is 0.707. The van der Waals surface area contributed by atoms with Gasteiger partial charge in [-0.3, -0.25) is 0 Å². The van der Waals surface area contributed by atoms with Crippen molar-refractivity contribution >= 4 is 31.4 Å². The predicted octanol–water partition coefficient (Wildman–Crippen LogP) is 4.10. The van der Waals surface area contributed by atoms with Crippen molar-refractivity contribution in [3.8, 4) is 5.75 Å². The Labute approximate surface area is 170 Å². The molecule has 1 heterocycles. The smallest absolute Gasteiger partial charge is 0.240 e. The number of thiophene rings is 1. The summed E-state index contributed by atoms with van der Waals surface area (Å²) in [7, 11) is -3.77. The van der Waals surface area contributed by atoms with Gasteiger partial charge in [0.1, 0.15) is 11.4 Å². The van der Waals surface area contributed by atoms with Crippen LogP contribution < -0.4 is 9.46 Å². The van der Waals surface area contributed by atoms with E-state index in [2.05, 4.69) is 4.72 Å². The second kappa shape index (κ2) is 7.83. The lowest BCUT2D eigenvalue weighted by Gasteiger charge is -2.22. The Hall–Kier alpha value is -1.93. The van der Waals surface area contributed by atoms with Gasteiger partial charge in [-0.15, -0.1) is 11.3 Å². The summed E-state index contributed by atoms with van der Waals surface area (Å²) in [6, 6.07) is 12.9. The topological polar surface area (TPSA) is 75.6 Å². The Kier molecular flexibility index (Phi) is 5.82. The minimum atomic E-state index is -3.77. The van der Waals surface area contributed by atoms with Crippen LogP contribution >= 0.6 is 11.3 Å². The van der Waals surface area contributed by atoms with Crippen LogP contribution in [-0.4, -0.2) is 26.7 Å². The van der Waals surface area contributed by atoms with Gasteiger partial charge < -0.3 is 9.84 Å². The van der Waals surface area contributed by atoms with Crippen molar-refractivity contribution in [3.05, 3.63) is 58.5 Å². The maximum absolute atomic E-state index is 12.8. The second-order valence-corrected chi connectivity index (χ2v) is 9.92. The third-order valence-corrected chi connectivity index (χ3v) is 7.35. The zero-order chi connectivity index (χ0) is 20.5. The number of aliphatic hydroxyl groups is 1. The van der Waals surface area contributed by atoms with E-state index in [0.29, 0.717) is 12.4 Å². The first kappa shape index (κ1) is 20.8. The number of nitrogens with one attached hydrogen (secondary N) is 1. The summed E-state index contributed by atoms with van der Waals surface area (Å²) in [6.45, 7) is 7.56. The summed E-state index contributed by atoms with van der Waals surface area (Å²) in [5.41, 5.74) is 0.212.